The zero-order valence-electron chi connectivity index (χ0n) is 7.16. The van der Waals surface area contributed by atoms with Crippen LogP contribution < -0.4 is 4.74 Å². The molecule has 0 fully saturated rings. The Kier molecular flexibility index (Phi) is 4.11. The minimum absolute atomic E-state index is 0.246. The maximum atomic E-state index is 12.4. The molecule has 0 aromatic carbocycles. The van der Waals surface area contributed by atoms with E-state index in [9.17, 15) is 22.0 Å². The van der Waals surface area contributed by atoms with E-state index in [1.807, 2.05) is 0 Å². The molecule has 90 valence electrons. The van der Waals surface area contributed by atoms with Gasteiger partial charge in [-0.05, 0) is 37.9 Å². The van der Waals surface area contributed by atoms with Crippen LogP contribution in [0.1, 0.15) is 12.0 Å². The first kappa shape index (κ1) is 13.6. The molecule has 0 aliphatic heterocycles. The van der Waals surface area contributed by atoms with Crippen LogP contribution in [-0.2, 0) is 0 Å². The van der Waals surface area contributed by atoms with Crippen LogP contribution in [0.5, 0.6) is 5.75 Å². The molecule has 1 aromatic heterocycles. The van der Waals surface area contributed by atoms with E-state index >= 15 is 0 Å². The van der Waals surface area contributed by atoms with Gasteiger partial charge >= 0.3 is 6.36 Å². The molecule has 0 N–H and O–H groups in total. The van der Waals surface area contributed by atoms with Crippen molar-refractivity contribution in [2.75, 3.05) is 0 Å². The second-order valence-corrected chi connectivity index (χ2v) is 4.01. The Morgan fingerprint density at radius 1 is 1.19 bits per heavy atom. The van der Waals surface area contributed by atoms with E-state index in [0.29, 0.717) is 6.07 Å². The number of hydrogen-bond acceptors (Lipinski definition) is 2. The summed E-state index contributed by atoms with van der Waals surface area (Å²) < 4.78 is 63.3. The Bertz CT molecular complexity index is 395. The highest BCUT2D eigenvalue weighted by molar-refractivity contribution is 9.11. The minimum Gasteiger partial charge on any atom is -0.403 e. The molecule has 0 radical (unpaired) electrons. The van der Waals surface area contributed by atoms with Crippen LogP contribution in [0.3, 0.4) is 0 Å². The Labute approximate surface area is 103 Å². The topological polar surface area (TPSA) is 22.1 Å². The standard InChI is InChI=1S/C7H2Br2F5NO/c8-4-2(6(10)11)1-3(5(9)15-4)16-7(12,13)14/h1,6H. The summed E-state index contributed by atoms with van der Waals surface area (Å²) >= 11 is 5.38. The highest BCUT2D eigenvalue weighted by Crippen LogP contribution is 2.35. The second-order valence-electron chi connectivity index (χ2n) is 2.51. The van der Waals surface area contributed by atoms with Crippen molar-refractivity contribution in [3.05, 3.63) is 20.8 Å². The van der Waals surface area contributed by atoms with Gasteiger partial charge in [-0.2, -0.15) is 0 Å². The number of rotatable bonds is 2. The summed E-state index contributed by atoms with van der Waals surface area (Å²) in [6.45, 7) is 0. The predicted molar refractivity (Wildman–Crippen MR) is 51.3 cm³/mol. The zero-order chi connectivity index (χ0) is 12.5. The number of alkyl halides is 5. The van der Waals surface area contributed by atoms with E-state index < -0.39 is 24.1 Å². The molecule has 0 atom stereocenters. The van der Waals surface area contributed by atoms with Crippen LogP contribution in [0, 0.1) is 0 Å². The molecule has 1 rings (SSSR count). The van der Waals surface area contributed by atoms with Crippen LogP contribution in [-0.4, -0.2) is 11.3 Å². The van der Waals surface area contributed by atoms with E-state index in [-0.39, 0.29) is 9.21 Å². The van der Waals surface area contributed by atoms with Crippen molar-refractivity contribution in [1.82, 2.24) is 4.98 Å². The van der Waals surface area contributed by atoms with Crippen LogP contribution in [0.15, 0.2) is 15.3 Å². The van der Waals surface area contributed by atoms with Gasteiger partial charge in [0.05, 0.1) is 5.56 Å². The minimum atomic E-state index is -4.96. The summed E-state index contributed by atoms with van der Waals surface area (Å²) in [5.74, 6) is -0.814. The molecule has 16 heavy (non-hydrogen) atoms. The largest absolute Gasteiger partial charge is 0.573 e. The Morgan fingerprint density at radius 3 is 2.19 bits per heavy atom. The number of hydrogen-bond donors (Lipinski definition) is 0. The molecule has 9 heteroatoms. The summed E-state index contributed by atoms with van der Waals surface area (Å²) in [5, 5.41) is 0. The van der Waals surface area contributed by atoms with Gasteiger partial charge in [0.1, 0.15) is 9.21 Å². The fourth-order valence-electron chi connectivity index (χ4n) is 0.815. The molecule has 0 amide bonds. The van der Waals surface area contributed by atoms with Gasteiger partial charge in [0.25, 0.3) is 6.43 Å². The molecule has 1 heterocycles. The summed E-state index contributed by atoms with van der Waals surface area (Å²) in [5.41, 5.74) is -0.678. The molecule has 0 aliphatic rings. The number of aromatic nitrogens is 1. The first-order chi connectivity index (χ1) is 7.20. The van der Waals surface area contributed by atoms with Crippen molar-refractivity contribution in [3.8, 4) is 5.75 Å². The van der Waals surface area contributed by atoms with Gasteiger partial charge in [-0.25, -0.2) is 13.8 Å². The maximum absolute atomic E-state index is 12.4. The Hall–Kier alpha value is -0.440. The number of halogens is 7. The maximum Gasteiger partial charge on any atom is 0.573 e. The van der Waals surface area contributed by atoms with Gasteiger partial charge in [0, 0.05) is 0 Å². The van der Waals surface area contributed by atoms with Crippen molar-refractivity contribution in [3.63, 3.8) is 0 Å². The third kappa shape index (κ3) is 3.55. The van der Waals surface area contributed by atoms with Gasteiger partial charge in [-0.15, -0.1) is 13.2 Å². The lowest BCUT2D eigenvalue weighted by molar-refractivity contribution is -0.275. The SMILES string of the molecule is FC(F)c1cc(OC(F)(F)F)c(Br)nc1Br. The summed E-state index contributed by atoms with van der Waals surface area (Å²) in [6, 6.07) is 0.569. The second kappa shape index (κ2) is 4.82. The third-order valence-electron chi connectivity index (χ3n) is 1.39. The molecule has 1 aromatic rings. The van der Waals surface area contributed by atoms with E-state index in [1.54, 1.807) is 0 Å². The van der Waals surface area contributed by atoms with E-state index in [4.69, 9.17) is 0 Å². The molecule has 2 nitrogen and oxygen atoms in total. The molecular weight excluding hydrogens is 369 g/mol. The van der Waals surface area contributed by atoms with Crippen LogP contribution >= 0.6 is 31.9 Å². The number of pyridine rings is 1. The fourth-order valence-corrected chi connectivity index (χ4v) is 1.89. The quantitative estimate of drug-likeness (QED) is 0.567. The third-order valence-corrected chi connectivity index (χ3v) is 2.59. The van der Waals surface area contributed by atoms with E-state index in [0.717, 1.165) is 0 Å². The van der Waals surface area contributed by atoms with Crippen molar-refractivity contribution in [1.29, 1.82) is 0 Å². The monoisotopic (exact) mass is 369 g/mol. The lowest BCUT2D eigenvalue weighted by Gasteiger charge is -2.12. The molecule has 0 saturated carbocycles. The highest BCUT2D eigenvalue weighted by Gasteiger charge is 2.33. The van der Waals surface area contributed by atoms with Crippen molar-refractivity contribution in [2.45, 2.75) is 12.8 Å². The molecule has 0 saturated heterocycles. The number of ether oxygens (including phenoxy) is 1. The molecular formula is C7H2Br2F5NO. The summed E-state index contributed by atoms with van der Waals surface area (Å²) in [7, 11) is 0. The lowest BCUT2D eigenvalue weighted by atomic mass is 10.3. The fraction of sp³-hybridized carbons (Fsp3) is 0.286. The van der Waals surface area contributed by atoms with Crippen molar-refractivity contribution in [2.24, 2.45) is 0 Å². The first-order valence-electron chi connectivity index (χ1n) is 3.60. The highest BCUT2D eigenvalue weighted by atomic mass is 79.9. The smallest absolute Gasteiger partial charge is 0.403 e. The van der Waals surface area contributed by atoms with Gasteiger partial charge in [-0.1, -0.05) is 0 Å². The summed E-state index contributed by atoms with van der Waals surface area (Å²) in [4.78, 5) is 3.41. The van der Waals surface area contributed by atoms with Gasteiger partial charge in [-0.3, -0.25) is 0 Å². The predicted octanol–water partition coefficient (Wildman–Crippen LogP) is 4.44. The van der Waals surface area contributed by atoms with E-state index in [2.05, 4.69) is 41.6 Å². The Balaban J connectivity index is 3.15. The van der Waals surface area contributed by atoms with Gasteiger partial charge in [0.15, 0.2) is 5.75 Å². The molecule has 0 spiro atoms. The molecule has 0 bridgehead atoms. The first-order valence-corrected chi connectivity index (χ1v) is 5.19. The average Bonchev–Trinajstić information content (AvgIpc) is 2.07. The molecule has 0 aliphatic carbocycles. The Morgan fingerprint density at radius 2 is 1.75 bits per heavy atom. The van der Waals surface area contributed by atoms with E-state index in [1.165, 1.54) is 0 Å². The summed E-state index contributed by atoms with van der Waals surface area (Å²) in [6.07, 6.45) is -7.91. The normalized spacial score (nSPS) is 12.0. The van der Waals surface area contributed by atoms with Crippen molar-refractivity contribution < 1.29 is 26.7 Å². The van der Waals surface area contributed by atoms with Gasteiger partial charge in [0.2, 0.25) is 0 Å². The van der Waals surface area contributed by atoms with Crippen LogP contribution in [0.4, 0.5) is 22.0 Å². The van der Waals surface area contributed by atoms with Crippen molar-refractivity contribution >= 4 is 31.9 Å². The molecule has 0 unspecified atom stereocenters. The zero-order valence-corrected chi connectivity index (χ0v) is 10.3. The van der Waals surface area contributed by atoms with Gasteiger partial charge < -0.3 is 4.74 Å². The van der Waals surface area contributed by atoms with Crippen LogP contribution in [0.2, 0.25) is 0 Å². The van der Waals surface area contributed by atoms with Crippen LogP contribution in [0.25, 0.3) is 0 Å². The average molecular weight is 371 g/mol. The lowest BCUT2D eigenvalue weighted by Crippen LogP contribution is -2.18. The number of nitrogens with zero attached hydrogens (tertiary/aromatic N) is 1.